The number of thiazole rings is 1. The minimum Gasteiger partial charge on any atom is -0.318 e. The topological polar surface area (TPSA) is 65.5 Å². The van der Waals surface area contributed by atoms with E-state index in [1.165, 1.54) is 30.6 Å². The first-order chi connectivity index (χ1) is 13.1. The van der Waals surface area contributed by atoms with Crippen LogP contribution < -0.4 is 5.32 Å². The van der Waals surface area contributed by atoms with Crippen molar-refractivity contribution in [2.24, 2.45) is 0 Å². The highest BCUT2D eigenvalue weighted by molar-refractivity contribution is 7.82. The molecule has 1 aliphatic carbocycles. The first kappa shape index (κ1) is 21.0. The Balaban J connectivity index is 1.66. The molecule has 0 aromatic carbocycles. The lowest BCUT2D eigenvalue weighted by molar-refractivity contribution is 0.106. The summed E-state index contributed by atoms with van der Waals surface area (Å²) in [4.78, 5) is 19.3. The van der Waals surface area contributed by atoms with Gasteiger partial charge in [0.25, 0.3) is 0 Å². The molecule has 3 rings (SSSR count). The zero-order valence-electron chi connectivity index (χ0n) is 15.9. The molecule has 2 fully saturated rings. The average Bonchev–Trinajstić information content (AvgIpc) is 3.08. The molecule has 9 heteroatoms. The Hall–Kier alpha value is -0.700. The van der Waals surface area contributed by atoms with Gasteiger partial charge in [0.15, 0.2) is 5.13 Å². The van der Waals surface area contributed by atoms with Crippen LogP contribution in [-0.2, 0) is 11.0 Å². The molecule has 2 aliphatic rings. The van der Waals surface area contributed by atoms with Gasteiger partial charge in [-0.05, 0) is 32.1 Å². The minimum atomic E-state index is -0.888. The summed E-state index contributed by atoms with van der Waals surface area (Å²) in [7, 11) is -0.888. The van der Waals surface area contributed by atoms with E-state index in [-0.39, 0.29) is 18.1 Å². The van der Waals surface area contributed by atoms with Crippen molar-refractivity contribution < 1.29 is 9.00 Å². The van der Waals surface area contributed by atoms with E-state index in [1.807, 2.05) is 0 Å². The summed E-state index contributed by atoms with van der Waals surface area (Å²) in [5.74, 6) is 0.725. The van der Waals surface area contributed by atoms with Crippen molar-refractivity contribution in [1.29, 1.82) is 0 Å². The van der Waals surface area contributed by atoms with Gasteiger partial charge in [0.1, 0.15) is 4.34 Å². The third-order valence-corrected chi connectivity index (χ3v) is 8.11. The maximum Gasteiger partial charge on any atom is 0.324 e. The first-order valence-electron chi connectivity index (χ1n) is 9.92. The number of aromatic nitrogens is 1. The van der Waals surface area contributed by atoms with Gasteiger partial charge in [0.05, 0.1) is 17.2 Å². The fourth-order valence-electron chi connectivity index (χ4n) is 4.08. The molecule has 0 bridgehead atoms. The molecule has 1 atom stereocenters. The highest BCUT2D eigenvalue weighted by atomic mass is 35.5. The van der Waals surface area contributed by atoms with Crippen molar-refractivity contribution in [3.8, 4) is 0 Å². The number of amides is 2. The highest BCUT2D eigenvalue weighted by Crippen LogP contribution is 2.30. The summed E-state index contributed by atoms with van der Waals surface area (Å²) >= 11 is 7.23. The Bertz CT molecular complexity index is 643. The van der Waals surface area contributed by atoms with Gasteiger partial charge in [0, 0.05) is 30.9 Å². The number of anilines is 1. The fraction of sp³-hybridized carbons (Fsp3) is 0.778. The Morgan fingerprint density at radius 3 is 2.56 bits per heavy atom. The smallest absolute Gasteiger partial charge is 0.318 e. The van der Waals surface area contributed by atoms with Crippen LogP contribution in [0, 0.1) is 0 Å². The van der Waals surface area contributed by atoms with Gasteiger partial charge in [0.2, 0.25) is 0 Å². The summed E-state index contributed by atoms with van der Waals surface area (Å²) in [5, 5.41) is 3.50. The summed E-state index contributed by atoms with van der Waals surface area (Å²) in [6, 6.07) is 0.409. The van der Waals surface area contributed by atoms with Crippen LogP contribution in [0.4, 0.5) is 9.93 Å². The number of carbonyl (C=O) groups is 1. The summed E-state index contributed by atoms with van der Waals surface area (Å²) in [6.07, 6.45) is 9.97. The van der Waals surface area contributed by atoms with Gasteiger partial charge in [-0.25, -0.2) is 18.3 Å². The van der Waals surface area contributed by atoms with E-state index >= 15 is 0 Å². The maximum absolute atomic E-state index is 13.1. The van der Waals surface area contributed by atoms with Crippen molar-refractivity contribution in [1.82, 2.24) is 14.2 Å². The van der Waals surface area contributed by atoms with Crippen molar-refractivity contribution in [2.75, 3.05) is 24.2 Å². The van der Waals surface area contributed by atoms with Crippen LogP contribution in [0.1, 0.15) is 58.3 Å². The number of halogens is 1. The van der Waals surface area contributed by atoms with Crippen LogP contribution in [-0.4, -0.2) is 55.4 Å². The molecule has 27 heavy (non-hydrogen) atoms. The normalized spacial score (nSPS) is 21.1. The molecule has 0 radical (unpaired) electrons. The van der Waals surface area contributed by atoms with Crippen molar-refractivity contribution >= 4 is 45.1 Å². The van der Waals surface area contributed by atoms with E-state index in [9.17, 15) is 9.00 Å². The van der Waals surface area contributed by atoms with E-state index < -0.39 is 11.0 Å². The molecule has 1 aromatic heterocycles. The van der Waals surface area contributed by atoms with Crippen LogP contribution in [0.3, 0.4) is 0 Å². The number of rotatable bonds is 6. The van der Waals surface area contributed by atoms with E-state index in [0.29, 0.717) is 9.47 Å². The van der Waals surface area contributed by atoms with Crippen molar-refractivity contribution in [3.63, 3.8) is 0 Å². The monoisotopic (exact) mass is 432 g/mol. The van der Waals surface area contributed by atoms with E-state index in [2.05, 4.69) is 26.4 Å². The summed E-state index contributed by atoms with van der Waals surface area (Å²) < 4.78 is 14.9. The molecule has 1 saturated carbocycles. The number of piperidine rings is 1. The minimum absolute atomic E-state index is 0.0685. The number of nitrogens with one attached hydrogen (secondary N) is 1. The lowest BCUT2D eigenvalue weighted by Crippen LogP contribution is -2.53. The molecule has 2 amide bonds. The zero-order chi connectivity index (χ0) is 19.2. The molecule has 6 nitrogen and oxygen atoms in total. The van der Waals surface area contributed by atoms with E-state index in [0.717, 1.165) is 50.9 Å². The number of hydrogen-bond donors (Lipinski definition) is 1. The highest BCUT2D eigenvalue weighted by Gasteiger charge is 2.35. The third kappa shape index (κ3) is 5.65. The molecule has 2 heterocycles. The Morgan fingerprint density at radius 1 is 1.30 bits per heavy atom. The summed E-state index contributed by atoms with van der Waals surface area (Å²) in [5.41, 5.74) is 0. The van der Waals surface area contributed by atoms with Gasteiger partial charge in [-0.1, -0.05) is 49.1 Å². The predicted octanol–water partition coefficient (Wildman–Crippen LogP) is 4.50. The second kappa shape index (κ2) is 10.2. The molecule has 1 aliphatic heterocycles. The number of carbonyl (C=O) groups excluding carboxylic acids is 1. The van der Waals surface area contributed by atoms with Gasteiger partial charge >= 0.3 is 6.03 Å². The van der Waals surface area contributed by atoms with Crippen molar-refractivity contribution in [2.45, 2.75) is 70.4 Å². The van der Waals surface area contributed by atoms with Gasteiger partial charge < -0.3 is 4.90 Å². The first-order valence-corrected chi connectivity index (χ1v) is 12.4. The van der Waals surface area contributed by atoms with E-state index in [4.69, 9.17) is 11.6 Å². The molecule has 1 aromatic rings. The van der Waals surface area contributed by atoms with Crippen LogP contribution in [0.5, 0.6) is 0 Å². The van der Waals surface area contributed by atoms with Crippen molar-refractivity contribution in [3.05, 3.63) is 10.5 Å². The molecule has 1 N–H and O–H groups in total. The second-order valence-corrected chi connectivity index (χ2v) is 10.5. The quantitative estimate of drug-likeness (QED) is 0.719. The van der Waals surface area contributed by atoms with Gasteiger partial charge in [-0.2, -0.15) is 0 Å². The zero-order valence-corrected chi connectivity index (χ0v) is 18.3. The molecule has 1 unspecified atom stereocenters. The largest absolute Gasteiger partial charge is 0.324 e. The Kier molecular flexibility index (Phi) is 7.93. The Morgan fingerprint density at radius 2 is 1.96 bits per heavy atom. The van der Waals surface area contributed by atoms with Crippen LogP contribution in [0.15, 0.2) is 6.20 Å². The average molecular weight is 433 g/mol. The Labute approximate surface area is 173 Å². The molecule has 0 spiro atoms. The molecular formula is C18H29ClN4O2S2. The number of urea groups is 1. The lowest BCUT2D eigenvalue weighted by atomic mass is 9.91. The second-order valence-electron chi connectivity index (χ2n) is 7.28. The molecule has 1 saturated heterocycles. The number of nitrogens with zero attached hydrogens (tertiary/aromatic N) is 3. The number of hydrogen-bond acceptors (Lipinski definition) is 4. The standard InChI is InChI=1S/C18H29ClN4O2S2/c1-2-12-27(25)22-10-8-15(9-11-22)23(14-6-4-3-5-7-14)18(24)21-17-20-13-16(19)26-17/h13-15H,2-12H2,1H3,(H,20,21,24). The SMILES string of the molecule is CCCS(=O)N1CCC(N(C(=O)Nc2ncc(Cl)s2)C2CCCCC2)CC1. The van der Waals surface area contributed by atoms with Crippen LogP contribution in [0.2, 0.25) is 4.34 Å². The van der Waals surface area contributed by atoms with E-state index in [1.54, 1.807) is 6.20 Å². The fourth-order valence-corrected chi connectivity index (χ4v) is 6.11. The third-order valence-electron chi connectivity index (χ3n) is 5.38. The maximum atomic E-state index is 13.1. The summed E-state index contributed by atoms with van der Waals surface area (Å²) in [6.45, 7) is 3.64. The molecular weight excluding hydrogens is 404 g/mol. The van der Waals surface area contributed by atoms with Crippen LogP contribution in [0.25, 0.3) is 0 Å². The predicted molar refractivity (Wildman–Crippen MR) is 113 cm³/mol. The van der Waals surface area contributed by atoms with Gasteiger partial charge in [-0.15, -0.1) is 0 Å². The molecule has 152 valence electrons. The lowest BCUT2D eigenvalue weighted by Gasteiger charge is -2.43. The van der Waals surface area contributed by atoms with Gasteiger partial charge in [-0.3, -0.25) is 5.32 Å². The van der Waals surface area contributed by atoms with Crippen LogP contribution >= 0.6 is 22.9 Å².